The lowest BCUT2D eigenvalue weighted by molar-refractivity contribution is 0.357. The van der Waals surface area contributed by atoms with Gasteiger partial charge in [0.1, 0.15) is 11.6 Å². The normalized spacial score (nSPS) is 13.2. The fraction of sp³-hybridized carbons (Fsp3) is 0.231. The SMILES string of the molecule is Cc1nc(-c2ccc3c(c2)CCO3)nc(N)c1I. The Balaban J connectivity index is 2.10. The second kappa shape index (κ2) is 4.38. The van der Waals surface area contributed by atoms with E-state index in [-0.39, 0.29) is 0 Å². The third kappa shape index (κ3) is 1.92. The minimum atomic E-state index is 0.537. The molecule has 18 heavy (non-hydrogen) atoms. The summed E-state index contributed by atoms with van der Waals surface area (Å²) in [7, 11) is 0. The summed E-state index contributed by atoms with van der Waals surface area (Å²) in [5.41, 5.74) is 9.01. The molecule has 1 aliphatic heterocycles. The number of nitrogens with zero attached hydrogens (tertiary/aromatic N) is 2. The first-order valence-corrected chi connectivity index (χ1v) is 6.79. The zero-order valence-corrected chi connectivity index (χ0v) is 12.1. The van der Waals surface area contributed by atoms with Gasteiger partial charge in [0, 0.05) is 12.0 Å². The molecule has 92 valence electrons. The molecule has 4 nitrogen and oxygen atoms in total. The van der Waals surface area contributed by atoms with Crippen LogP contribution in [0.1, 0.15) is 11.3 Å². The number of halogens is 1. The zero-order chi connectivity index (χ0) is 12.7. The molecule has 0 amide bonds. The molecule has 1 aliphatic rings. The maximum absolute atomic E-state index is 5.89. The number of benzene rings is 1. The zero-order valence-electron chi connectivity index (χ0n) is 9.90. The molecule has 3 rings (SSSR count). The van der Waals surface area contributed by atoms with E-state index >= 15 is 0 Å². The van der Waals surface area contributed by atoms with E-state index in [9.17, 15) is 0 Å². The Hall–Kier alpha value is -1.37. The Labute approximate surface area is 119 Å². The molecule has 0 saturated heterocycles. The number of nitrogen functional groups attached to an aromatic ring is 1. The van der Waals surface area contributed by atoms with Crippen molar-refractivity contribution in [3.05, 3.63) is 33.0 Å². The van der Waals surface area contributed by atoms with Crippen LogP contribution in [-0.2, 0) is 6.42 Å². The standard InChI is InChI=1S/C13H12IN3O/c1-7-11(14)12(15)17-13(16-7)9-2-3-10-8(6-9)4-5-18-10/h2-3,6H,4-5H2,1H3,(H2,15,16,17). The number of hydrogen-bond donors (Lipinski definition) is 1. The van der Waals surface area contributed by atoms with Gasteiger partial charge in [-0.3, -0.25) is 0 Å². The number of aryl methyl sites for hydroxylation is 1. The van der Waals surface area contributed by atoms with Crippen LogP contribution in [0.2, 0.25) is 0 Å². The number of anilines is 1. The van der Waals surface area contributed by atoms with Gasteiger partial charge in [-0.1, -0.05) is 0 Å². The van der Waals surface area contributed by atoms with Gasteiger partial charge in [0.05, 0.1) is 15.9 Å². The number of nitrogens with two attached hydrogens (primary N) is 1. The topological polar surface area (TPSA) is 61.0 Å². The van der Waals surface area contributed by atoms with Crippen LogP contribution >= 0.6 is 22.6 Å². The van der Waals surface area contributed by atoms with Crippen molar-refractivity contribution in [1.82, 2.24) is 9.97 Å². The second-order valence-corrected chi connectivity index (χ2v) is 5.33. The van der Waals surface area contributed by atoms with Gasteiger partial charge in [0.25, 0.3) is 0 Å². The summed E-state index contributed by atoms with van der Waals surface area (Å²) in [6.45, 7) is 2.70. The molecule has 1 aromatic heterocycles. The first kappa shape index (κ1) is 11.7. The molecule has 0 radical (unpaired) electrons. The Morgan fingerprint density at radius 1 is 1.33 bits per heavy atom. The predicted octanol–water partition coefficient (Wildman–Crippen LogP) is 2.57. The molecule has 0 bridgehead atoms. The van der Waals surface area contributed by atoms with Gasteiger partial charge >= 0.3 is 0 Å². The highest BCUT2D eigenvalue weighted by atomic mass is 127. The van der Waals surface area contributed by atoms with E-state index in [0.717, 1.165) is 33.6 Å². The lowest BCUT2D eigenvalue weighted by atomic mass is 10.1. The Morgan fingerprint density at radius 2 is 2.17 bits per heavy atom. The number of hydrogen-bond acceptors (Lipinski definition) is 4. The van der Waals surface area contributed by atoms with Gasteiger partial charge < -0.3 is 10.5 Å². The minimum Gasteiger partial charge on any atom is -0.493 e. The first-order chi connectivity index (χ1) is 8.65. The third-order valence-electron chi connectivity index (χ3n) is 2.99. The quantitative estimate of drug-likeness (QED) is 0.801. The van der Waals surface area contributed by atoms with Crippen molar-refractivity contribution in [2.75, 3.05) is 12.3 Å². The van der Waals surface area contributed by atoms with E-state index in [2.05, 4.69) is 38.6 Å². The first-order valence-electron chi connectivity index (χ1n) is 5.71. The Bertz CT molecular complexity index is 605. The molecular formula is C13H12IN3O. The van der Waals surface area contributed by atoms with Gasteiger partial charge in [0.2, 0.25) is 0 Å². The summed E-state index contributed by atoms with van der Waals surface area (Å²) in [5, 5.41) is 0. The molecule has 1 aromatic carbocycles. The molecule has 2 heterocycles. The van der Waals surface area contributed by atoms with Gasteiger partial charge in [0.15, 0.2) is 5.82 Å². The summed E-state index contributed by atoms with van der Waals surface area (Å²) >= 11 is 2.16. The van der Waals surface area contributed by atoms with Crippen molar-refractivity contribution in [1.29, 1.82) is 0 Å². The minimum absolute atomic E-state index is 0.537. The van der Waals surface area contributed by atoms with Crippen molar-refractivity contribution >= 4 is 28.4 Å². The lowest BCUT2D eigenvalue weighted by Gasteiger charge is -2.07. The molecular weight excluding hydrogens is 341 g/mol. The number of aromatic nitrogens is 2. The summed E-state index contributed by atoms with van der Waals surface area (Å²) in [4.78, 5) is 8.84. The van der Waals surface area contributed by atoms with Crippen LogP contribution in [0.4, 0.5) is 5.82 Å². The second-order valence-electron chi connectivity index (χ2n) is 4.25. The summed E-state index contributed by atoms with van der Waals surface area (Å²) in [5.74, 6) is 2.18. The van der Waals surface area contributed by atoms with Crippen LogP contribution in [-0.4, -0.2) is 16.6 Å². The molecule has 2 aromatic rings. The van der Waals surface area contributed by atoms with E-state index < -0.39 is 0 Å². The van der Waals surface area contributed by atoms with Crippen molar-refractivity contribution in [2.45, 2.75) is 13.3 Å². The van der Waals surface area contributed by atoms with E-state index in [1.807, 2.05) is 19.1 Å². The van der Waals surface area contributed by atoms with Crippen molar-refractivity contribution < 1.29 is 4.74 Å². The Kier molecular flexibility index (Phi) is 2.85. The van der Waals surface area contributed by atoms with Crippen LogP contribution in [0.15, 0.2) is 18.2 Å². The smallest absolute Gasteiger partial charge is 0.161 e. The third-order valence-corrected chi connectivity index (χ3v) is 4.32. The highest BCUT2D eigenvalue weighted by Gasteiger charge is 2.14. The van der Waals surface area contributed by atoms with Crippen molar-refractivity contribution in [2.24, 2.45) is 0 Å². The average molecular weight is 353 g/mol. The number of rotatable bonds is 1. The molecule has 2 N–H and O–H groups in total. The highest BCUT2D eigenvalue weighted by Crippen LogP contribution is 2.30. The summed E-state index contributed by atoms with van der Waals surface area (Å²) < 4.78 is 6.41. The monoisotopic (exact) mass is 353 g/mol. The van der Waals surface area contributed by atoms with Crippen LogP contribution in [0.3, 0.4) is 0 Å². The van der Waals surface area contributed by atoms with E-state index in [1.54, 1.807) is 0 Å². The van der Waals surface area contributed by atoms with Crippen molar-refractivity contribution in [3.63, 3.8) is 0 Å². The van der Waals surface area contributed by atoms with E-state index in [0.29, 0.717) is 11.6 Å². The molecule has 0 spiro atoms. The summed E-state index contributed by atoms with van der Waals surface area (Å²) in [6.07, 6.45) is 0.946. The number of fused-ring (bicyclic) bond motifs is 1. The van der Waals surface area contributed by atoms with Crippen LogP contribution < -0.4 is 10.5 Å². The van der Waals surface area contributed by atoms with Crippen LogP contribution in [0, 0.1) is 10.5 Å². The fourth-order valence-electron chi connectivity index (χ4n) is 2.04. The average Bonchev–Trinajstić information content (AvgIpc) is 2.82. The molecule has 0 fully saturated rings. The van der Waals surface area contributed by atoms with Crippen LogP contribution in [0.5, 0.6) is 5.75 Å². The van der Waals surface area contributed by atoms with Gasteiger partial charge in [-0.15, -0.1) is 0 Å². The van der Waals surface area contributed by atoms with E-state index in [4.69, 9.17) is 10.5 Å². The number of ether oxygens (including phenoxy) is 1. The fourth-order valence-corrected chi connectivity index (χ4v) is 2.28. The largest absolute Gasteiger partial charge is 0.493 e. The maximum Gasteiger partial charge on any atom is 0.161 e. The molecule has 0 atom stereocenters. The van der Waals surface area contributed by atoms with Gasteiger partial charge in [-0.05, 0) is 53.3 Å². The van der Waals surface area contributed by atoms with Crippen LogP contribution in [0.25, 0.3) is 11.4 Å². The van der Waals surface area contributed by atoms with Gasteiger partial charge in [-0.2, -0.15) is 0 Å². The van der Waals surface area contributed by atoms with Crippen molar-refractivity contribution in [3.8, 4) is 17.1 Å². The molecule has 5 heteroatoms. The van der Waals surface area contributed by atoms with E-state index in [1.165, 1.54) is 5.56 Å². The molecule has 0 unspecified atom stereocenters. The lowest BCUT2D eigenvalue weighted by Crippen LogP contribution is -2.02. The molecule has 0 saturated carbocycles. The summed E-state index contributed by atoms with van der Waals surface area (Å²) in [6, 6.07) is 6.04. The maximum atomic E-state index is 5.89. The Morgan fingerprint density at radius 3 is 2.94 bits per heavy atom. The molecule has 0 aliphatic carbocycles. The predicted molar refractivity (Wildman–Crippen MR) is 78.5 cm³/mol. The van der Waals surface area contributed by atoms with Gasteiger partial charge in [-0.25, -0.2) is 9.97 Å². The highest BCUT2D eigenvalue weighted by molar-refractivity contribution is 14.1.